The van der Waals surface area contributed by atoms with E-state index >= 15 is 0 Å². The maximum absolute atomic E-state index is 12.5. The maximum Gasteiger partial charge on any atom is 0.228 e. The highest BCUT2D eigenvalue weighted by Crippen LogP contribution is 2.38. The zero-order valence-corrected chi connectivity index (χ0v) is 14.2. The summed E-state index contributed by atoms with van der Waals surface area (Å²) in [5, 5.41) is 5.49. The molecule has 1 aliphatic heterocycles. The molecule has 3 aromatic rings. The molecule has 0 aliphatic carbocycles. The molecule has 0 saturated heterocycles. The second-order valence-electron chi connectivity index (χ2n) is 5.84. The lowest BCUT2D eigenvalue weighted by Gasteiger charge is -2.20. The minimum Gasteiger partial charge on any atom is -0.486 e. The molecule has 1 amide bonds. The third-order valence-electron chi connectivity index (χ3n) is 4.14. The van der Waals surface area contributed by atoms with Crippen molar-refractivity contribution in [1.82, 2.24) is 0 Å². The molecular weight excluding hydrogens is 338 g/mol. The number of hydrogen-bond acceptors (Lipinski definition) is 3. The SMILES string of the molecule is O=C(Cc1cccc2ccccc12)Nc1cc2c(cc1Cl)OCCO2. The first kappa shape index (κ1) is 15.8. The monoisotopic (exact) mass is 353 g/mol. The van der Waals surface area contributed by atoms with Crippen LogP contribution < -0.4 is 14.8 Å². The number of nitrogens with one attached hydrogen (secondary N) is 1. The molecule has 126 valence electrons. The standard InChI is InChI=1S/C20H16ClNO3/c21-16-11-18-19(25-9-8-24-18)12-17(16)22-20(23)10-14-6-3-5-13-4-1-2-7-15(13)14/h1-7,11-12H,8-10H2,(H,22,23). The number of fused-ring (bicyclic) bond motifs is 2. The van der Waals surface area contributed by atoms with E-state index in [0.717, 1.165) is 16.3 Å². The van der Waals surface area contributed by atoms with Gasteiger partial charge in [-0.1, -0.05) is 54.1 Å². The lowest BCUT2D eigenvalue weighted by atomic mass is 10.0. The Bertz CT molecular complexity index is 950. The van der Waals surface area contributed by atoms with Crippen LogP contribution in [-0.4, -0.2) is 19.1 Å². The normalized spacial score (nSPS) is 12.8. The Morgan fingerprint density at radius 3 is 2.56 bits per heavy atom. The molecule has 0 atom stereocenters. The molecule has 3 aromatic carbocycles. The van der Waals surface area contributed by atoms with Gasteiger partial charge in [0, 0.05) is 12.1 Å². The van der Waals surface area contributed by atoms with Crippen molar-refractivity contribution in [2.75, 3.05) is 18.5 Å². The van der Waals surface area contributed by atoms with Crippen LogP contribution in [0, 0.1) is 0 Å². The van der Waals surface area contributed by atoms with Crippen molar-refractivity contribution in [3.05, 3.63) is 65.2 Å². The summed E-state index contributed by atoms with van der Waals surface area (Å²) in [7, 11) is 0. The van der Waals surface area contributed by atoms with E-state index in [1.54, 1.807) is 12.1 Å². The van der Waals surface area contributed by atoms with E-state index in [2.05, 4.69) is 5.32 Å². The number of halogens is 1. The molecule has 0 bridgehead atoms. The van der Waals surface area contributed by atoms with Gasteiger partial charge in [-0.15, -0.1) is 0 Å². The van der Waals surface area contributed by atoms with Gasteiger partial charge in [0.2, 0.25) is 5.91 Å². The van der Waals surface area contributed by atoms with Crippen molar-refractivity contribution in [3.63, 3.8) is 0 Å². The Hall–Kier alpha value is -2.72. The second-order valence-corrected chi connectivity index (χ2v) is 6.25. The van der Waals surface area contributed by atoms with Crippen LogP contribution in [0.25, 0.3) is 10.8 Å². The fourth-order valence-corrected chi connectivity index (χ4v) is 3.17. The highest BCUT2D eigenvalue weighted by atomic mass is 35.5. The van der Waals surface area contributed by atoms with Crippen molar-refractivity contribution in [3.8, 4) is 11.5 Å². The van der Waals surface area contributed by atoms with Gasteiger partial charge in [-0.25, -0.2) is 0 Å². The van der Waals surface area contributed by atoms with Crippen molar-refractivity contribution < 1.29 is 14.3 Å². The number of benzene rings is 3. The highest BCUT2D eigenvalue weighted by molar-refractivity contribution is 6.34. The Morgan fingerprint density at radius 1 is 1.00 bits per heavy atom. The minimum absolute atomic E-state index is 0.130. The molecule has 25 heavy (non-hydrogen) atoms. The molecule has 5 heteroatoms. The number of rotatable bonds is 3. The van der Waals surface area contributed by atoms with Gasteiger partial charge >= 0.3 is 0 Å². The molecule has 0 spiro atoms. The Morgan fingerprint density at radius 2 is 1.72 bits per heavy atom. The number of anilines is 1. The molecule has 4 rings (SSSR count). The van der Waals surface area contributed by atoms with Gasteiger partial charge < -0.3 is 14.8 Å². The second kappa shape index (κ2) is 6.65. The van der Waals surface area contributed by atoms with Crippen molar-refractivity contribution in [2.24, 2.45) is 0 Å². The topological polar surface area (TPSA) is 47.6 Å². The number of hydrogen-bond donors (Lipinski definition) is 1. The van der Waals surface area contributed by atoms with Crippen LogP contribution in [0.1, 0.15) is 5.56 Å². The fraction of sp³-hybridized carbons (Fsp3) is 0.150. The van der Waals surface area contributed by atoms with Gasteiger partial charge in [0.1, 0.15) is 13.2 Å². The van der Waals surface area contributed by atoms with Gasteiger partial charge in [-0.3, -0.25) is 4.79 Å². The van der Waals surface area contributed by atoms with E-state index in [-0.39, 0.29) is 12.3 Å². The van der Waals surface area contributed by atoms with Gasteiger partial charge in [-0.05, 0) is 16.3 Å². The number of carbonyl (C=O) groups is 1. The Kier molecular flexibility index (Phi) is 4.20. The van der Waals surface area contributed by atoms with Gasteiger partial charge in [0.25, 0.3) is 0 Å². The molecular formula is C20H16ClNO3. The summed E-state index contributed by atoms with van der Waals surface area (Å²) in [5.41, 5.74) is 1.50. The number of carbonyl (C=O) groups excluding carboxylic acids is 1. The first-order valence-corrected chi connectivity index (χ1v) is 8.44. The summed E-state index contributed by atoms with van der Waals surface area (Å²) in [6.45, 7) is 0.980. The number of amides is 1. The van der Waals surface area contributed by atoms with Crippen LogP contribution in [-0.2, 0) is 11.2 Å². The van der Waals surface area contributed by atoms with E-state index in [1.807, 2.05) is 42.5 Å². The third-order valence-corrected chi connectivity index (χ3v) is 4.45. The summed E-state index contributed by atoms with van der Waals surface area (Å²) in [6, 6.07) is 17.4. The van der Waals surface area contributed by atoms with Crippen molar-refractivity contribution >= 4 is 34.0 Å². The van der Waals surface area contributed by atoms with Gasteiger partial charge in [0.05, 0.1) is 17.1 Å². The fourth-order valence-electron chi connectivity index (χ4n) is 2.97. The quantitative estimate of drug-likeness (QED) is 0.757. The zero-order valence-electron chi connectivity index (χ0n) is 13.4. The summed E-state index contributed by atoms with van der Waals surface area (Å²) in [4.78, 5) is 12.5. The molecule has 0 aromatic heterocycles. The summed E-state index contributed by atoms with van der Waals surface area (Å²) < 4.78 is 11.0. The first-order valence-electron chi connectivity index (χ1n) is 8.06. The van der Waals surface area contributed by atoms with Crippen LogP contribution in [0.5, 0.6) is 11.5 Å². The first-order chi connectivity index (χ1) is 12.2. The molecule has 1 N–H and O–H groups in total. The Balaban J connectivity index is 1.56. The van der Waals surface area contributed by atoms with Crippen LogP contribution in [0.4, 0.5) is 5.69 Å². The van der Waals surface area contributed by atoms with Crippen LogP contribution in [0.15, 0.2) is 54.6 Å². The summed E-state index contributed by atoms with van der Waals surface area (Å²) in [5.74, 6) is 1.06. The molecule has 0 saturated carbocycles. The lowest BCUT2D eigenvalue weighted by Crippen LogP contribution is -2.17. The molecule has 1 heterocycles. The summed E-state index contributed by atoms with van der Waals surface area (Å²) in [6.07, 6.45) is 0.270. The van der Waals surface area contributed by atoms with Crippen LogP contribution in [0.3, 0.4) is 0 Å². The van der Waals surface area contributed by atoms with Crippen LogP contribution in [0.2, 0.25) is 5.02 Å². The van der Waals surface area contributed by atoms with E-state index in [9.17, 15) is 4.79 Å². The molecule has 0 fully saturated rings. The van der Waals surface area contributed by atoms with Crippen LogP contribution >= 0.6 is 11.6 Å². The highest BCUT2D eigenvalue weighted by Gasteiger charge is 2.16. The van der Waals surface area contributed by atoms with Gasteiger partial charge in [-0.2, -0.15) is 0 Å². The van der Waals surface area contributed by atoms with E-state index in [1.165, 1.54) is 0 Å². The summed E-state index contributed by atoms with van der Waals surface area (Å²) >= 11 is 6.25. The van der Waals surface area contributed by atoms with Crippen molar-refractivity contribution in [1.29, 1.82) is 0 Å². The van der Waals surface area contributed by atoms with E-state index in [0.29, 0.717) is 35.4 Å². The average molecular weight is 354 g/mol. The minimum atomic E-state index is -0.130. The molecule has 0 radical (unpaired) electrons. The maximum atomic E-state index is 12.5. The molecule has 0 unspecified atom stereocenters. The Labute approximate surface area is 150 Å². The molecule has 4 nitrogen and oxygen atoms in total. The van der Waals surface area contributed by atoms with Gasteiger partial charge in [0.15, 0.2) is 11.5 Å². The van der Waals surface area contributed by atoms with Crippen molar-refractivity contribution in [2.45, 2.75) is 6.42 Å². The largest absolute Gasteiger partial charge is 0.486 e. The van der Waals surface area contributed by atoms with E-state index < -0.39 is 0 Å². The van der Waals surface area contributed by atoms with E-state index in [4.69, 9.17) is 21.1 Å². The third kappa shape index (κ3) is 3.26. The average Bonchev–Trinajstić information content (AvgIpc) is 2.63. The zero-order chi connectivity index (χ0) is 17.2. The lowest BCUT2D eigenvalue weighted by molar-refractivity contribution is -0.115. The molecule has 1 aliphatic rings. The predicted octanol–water partition coefficient (Wildman–Crippen LogP) is 4.45. The smallest absolute Gasteiger partial charge is 0.228 e. The predicted molar refractivity (Wildman–Crippen MR) is 98.7 cm³/mol. The number of ether oxygens (including phenoxy) is 2.